The summed E-state index contributed by atoms with van der Waals surface area (Å²) in [6.07, 6.45) is 3.43. The smallest absolute Gasteiger partial charge is 0.115 e. The summed E-state index contributed by atoms with van der Waals surface area (Å²) in [5.74, 6) is 0.256. The third-order valence-electron chi connectivity index (χ3n) is 2.66. The first-order chi connectivity index (χ1) is 8.81. The quantitative estimate of drug-likeness (QED) is 0.673. The van der Waals surface area contributed by atoms with Crippen LogP contribution in [-0.2, 0) is 0 Å². The molecule has 3 aromatic rings. The van der Waals surface area contributed by atoms with Crippen molar-refractivity contribution in [1.29, 1.82) is 0 Å². The van der Waals surface area contributed by atoms with Crippen LogP contribution in [0.5, 0.6) is 5.75 Å². The molecule has 0 saturated carbocycles. The number of nitrogens with zero attached hydrogens (tertiary/aromatic N) is 2. The van der Waals surface area contributed by atoms with E-state index in [1.807, 2.05) is 30.3 Å². The third kappa shape index (κ3) is 2.08. The van der Waals surface area contributed by atoms with E-state index in [1.54, 1.807) is 24.7 Å². The average Bonchev–Trinajstić information content (AvgIpc) is 2.85. The summed E-state index contributed by atoms with van der Waals surface area (Å²) < 4.78 is 0. The van der Waals surface area contributed by atoms with Crippen LogP contribution in [0.25, 0.3) is 11.0 Å². The molecule has 4 nitrogen and oxygen atoms in total. The summed E-state index contributed by atoms with van der Waals surface area (Å²) in [6, 6.07) is 12.7. The molecule has 3 rings (SSSR count). The van der Waals surface area contributed by atoms with Gasteiger partial charge in [0.1, 0.15) is 5.75 Å². The Kier molecular flexibility index (Phi) is 2.53. The second-order valence-corrected chi connectivity index (χ2v) is 3.95. The van der Waals surface area contributed by atoms with Crippen molar-refractivity contribution in [1.82, 2.24) is 9.97 Å². The van der Waals surface area contributed by atoms with E-state index in [2.05, 4.69) is 15.0 Å². The van der Waals surface area contributed by atoms with Gasteiger partial charge in [-0.1, -0.05) is 0 Å². The molecule has 1 aromatic heterocycles. The topological polar surface area (TPSA) is 61.3 Å². The summed E-state index contributed by atoms with van der Waals surface area (Å²) in [4.78, 5) is 11.6. The molecule has 0 saturated heterocycles. The zero-order valence-electron chi connectivity index (χ0n) is 9.54. The van der Waals surface area contributed by atoms with Gasteiger partial charge in [0.2, 0.25) is 0 Å². The molecule has 0 aliphatic carbocycles. The lowest BCUT2D eigenvalue weighted by Gasteiger charge is -1.95. The minimum atomic E-state index is 0.256. The van der Waals surface area contributed by atoms with Gasteiger partial charge in [-0.2, -0.15) is 0 Å². The van der Waals surface area contributed by atoms with E-state index in [9.17, 15) is 5.11 Å². The molecule has 2 aromatic carbocycles. The van der Waals surface area contributed by atoms with Crippen molar-refractivity contribution in [2.75, 3.05) is 0 Å². The first-order valence-corrected chi connectivity index (χ1v) is 5.57. The molecular weight excluding hydrogens is 226 g/mol. The summed E-state index contributed by atoms with van der Waals surface area (Å²) in [6.45, 7) is 0. The molecule has 0 unspecified atom stereocenters. The first-order valence-electron chi connectivity index (χ1n) is 5.57. The van der Waals surface area contributed by atoms with Crippen molar-refractivity contribution in [2.24, 2.45) is 4.99 Å². The summed E-state index contributed by atoms with van der Waals surface area (Å²) in [5, 5.41) is 9.18. The Morgan fingerprint density at radius 2 is 1.94 bits per heavy atom. The molecule has 0 aliphatic heterocycles. The van der Waals surface area contributed by atoms with Gasteiger partial charge in [-0.3, -0.25) is 4.99 Å². The zero-order chi connectivity index (χ0) is 12.4. The van der Waals surface area contributed by atoms with Gasteiger partial charge in [0.15, 0.2) is 0 Å². The van der Waals surface area contributed by atoms with Crippen LogP contribution in [-0.4, -0.2) is 21.3 Å². The highest BCUT2D eigenvalue weighted by Crippen LogP contribution is 2.18. The Bertz CT molecular complexity index is 698. The Labute approximate surface area is 104 Å². The van der Waals surface area contributed by atoms with E-state index in [4.69, 9.17) is 0 Å². The number of nitrogens with one attached hydrogen (secondary N) is 1. The van der Waals surface area contributed by atoms with Crippen LogP contribution >= 0.6 is 0 Å². The van der Waals surface area contributed by atoms with Crippen LogP contribution in [0.15, 0.2) is 53.8 Å². The summed E-state index contributed by atoms with van der Waals surface area (Å²) in [7, 11) is 0. The fourth-order valence-electron chi connectivity index (χ4n) is 1.71. The van der Waals surface area contributed by atoms with E-state index in [-0.39, 0.29) is 5.75 Å². The maximum atomic E-state index is 9.18. The maximum absolute atomic E-state index is 9.18. The van der Waals surface area contributed by atoms with E-state index >= 15 is 0 Å². The number of fused-ring (bicyclic) bond motifs is 1. The van der Waals surface area contributed by atoms with Crippen LogP contribution in [0.4, 0.5) is 5.69 Å². The second kappa shape index (κ2) is 4.33. The lowest BCUT2D eigenvalue weighted by molar-refractivity contribution is 0.475. The number of aliphatic imine (C=N–C) groups is 1. The molecule has 0 spiro atoms. The SMILES string of the molecule is Oc1ccc(C=Nc2ccc3nc[nH]c3c2)cc1. The minimum absolute atomic E-state index is 0.256. The van der Waals surface area contributed by atoms with Crippen molar-refractivity contribution in [3.05, 3.63) is 54.4 Å². The van der Waals surface area contributed by atoms with Gasteiger partial charge in [-0.15, -0.1) is 0 Å². The second-order valence-electron chi connectivity index (χ2n) is 3.95. The Morgan fingerprint density at radius 3 is 2.78 bits per heavy atom. The molecule has 4 heteroatoms. The molecule has 0 atom stereocenters. The van der Waals surface area contributed by atoms with Gasteiger partial charge < -0.3 is 10.1 Å². The molecule has 0 amide bonds. The molecule has 0 aliphatic rings. The van der Waals surface area contributed by atoms with Crippen molar-refractivity contribution in [3.8, 4) is 5.75 Å². The highest BCUT2D eigenvalue weighted by Gasteiger charge is 1.96. The van der Waals surface area contributed by atoms with Gasteiger partial charge in [0.05, 0.1) is 23.0 Å². The third-order valence-corrected chi connectivity index (χ3v) is 2.66. The molecule has 88 valence electrons. The molecule has 18 heavy (non-hydrogen) atoms. The highest BCUT2D eigenvalue weighted by molar-refractivity contribution is 5.84. The average molecular weight is 237 g/mol. The van der Waals surface area contributed by atoms with Gasteiger partial charge in [0, 0.05) is 6.21 Å². The highest BCUT2D eigenvalue weighted by atomic mass is 16.3. The molecule has 1 heterocycles. The van der Waals surface area contributed by atoms with Crippen molar-refractivity contribution in [2.45, 2.75) is 0 Å². The molecule has 0 bridgehead atoms. The van der Waals surface area contributed by atoms with Crippen LogP contribution in [0.1, 0.15) is 5.56 Å². The standard InChI is InChI=1S/C14H11N3O/c18-12-4-1-10(2-5-12)8-15-11-3-6-13-14(7-11)17-9-16-13/h1-9,18H,(H,16,17). The largest absolute Gasteiger partial charge is 0.508 e. The fraction of sp³-hybridized carbons (Fsp3) is 0. The Hall–Kier alpha value is -2.62. The number of phenols is 1. The van der Waals surface area contributed by atoms with E-state index < -0.39 is 0 Å². The predicted molar refractivity (Wildman–Crippen MR) is 71.5 cm³/mol. The number of H-pyrrole nitrogens is 1. The number of aromatic amines is 1. The van der Waals surface area contributed by atoms with Gasteiger partial charge in [-0.25, -0.2) is 4.98 Å². The molecule has 0 fully saturated rings. The van der Waals surface area contributed by atoms with Crippen LogP contribution in [0.3, 0.4) is 0 Å². The van der Waals surface area contributed by atoms with E-state index in [0.717, 1.165) is 22.3 Å². The molecular formula is C14H11N3O. The van der Waals surface area contributed by atoms with Crippen LogP contribution in [0, 0.1) is 0 Å². The summed E-state index contributed by atoms with van der Waals surface area (Å²) >= 11 is 0. The predicted octanol–water partition coefficient (Wildman–Crippen LogP) is 3.02. The van der Waals surface area contributed by atoms with E-state index in [0.29, 0.717) is 0 Å². The van der Waals surface area contributed by atoms with Crippen LogP contribution in [0.2, 0.25) is 0 Å². The fourth-order valence-corrected chi connectivity index (χ4v) is 1.71. The molecule has 0 radical (unpaired) electrons. The van der Waals surface area contributed by atoms with Crippen molar-refractivity contribution >= 4 is 22.9 Å². The number of imidazole rings is 1. The lowest BCUT2D eigenvalue weighted by atomic mass is 10.2. The van der Waals surface area contributed by atoms with Gasteiger partial charge in [-0.05, 0) is 48.0 Å². The number of aromatic hydroxyl groups is 1. The number of phenolic OH excluding ortho intramolecular Hbond substituents is 1. The first kappa shape index (κ1) is 10.5. The zero-order valence-corrected chi connectivity index (χ0v) is 9.54. The van der Waals surface area contributed by atoms with Crippen molar-refractivity contribution < 1.29 is 5.11 Å². The monoisotopic (exact) mass is 237 g/mol. The van der Waals surface area contributed by atoms with Crippen LogP contribution < -0.4 is 0 Å². The Balaban J connectivity index is 1.88. The van der Waals surface area contributed by atoms with Gasteiger partial charge in [0.25, 0.3) is 0 Å². The lowest BCUT2D eigenvalue weighted by Crippen LogP contribution is -1.79. The van der Waals surface area contributed by atoms with E-state index in [1.165, 1.54) is 0 Å². The number of rotatable bonds is 2. The number of hydrogen-bond acceptors (Lipinski definition) is 3. The minimum Gasteiger partial charge on any atom is -0.508 e. The number of benzene rings is 2. The van der Waals surface area contributed by atoms with Gasteiger partial charge >= 0.3 is 0 Å². The normalized spacial score (nSPS) is 11.3. The maximum Gasteiger partial charge on any atom is 0.115 e. The summed E-state index contributed by atoms with van der Waals surface area (Å²) in [5.41, 5.74) is 3.70. The Morgan fingerprint density at radius 1 is 1.11 bits per heavy atom. The molecule has 2 N–H and O–H groups in total. The number of aromatic nitrogens is 2. The number of hydrogen-bond donors (Lipinski definition) is 2. The van der Waals surface area contributed by atoms with Crippen molar-refractivity contribution in [3.63, 3.8) is 0 Å².